The van der Waals surface area contributed by atoms with Crippen LogP contribution < -0.4 is 20.1 Å². The molecule has 0 unspecified atom stereocenters. The first kappa shape index (κ1) is 25.1. The summed E-state index contributed by atoms with van der Waals surface area (Å²) in [7, 11) is 1.69. The predicted molar refractivity (Wildman–Crippen MR) is 144 cm³/mol. The van der Waals surface area contributed by atoms with Crippen molar-refractivity contribution in [1.29, 1.82) is 0 Å². The largest absolute Gasteiger partial charge is 0.493 e. The van der Waals surface area contributed by atoms with E-state index in [1.807, 2.05) is 36.4 Å². The van der Waals surface area contributed by atoms with Crippen LogP contribution in [0.3, 0.4) is 0 Å². The van der Waals surface area contributed by atoms with E-state index < -0.39 is 0 Å². The van der Waals surface area contributed by atoms with Crippen molar-refractivity contribution in [2.45, 2.75) is 51.7 Å². The topological polar surface area (TPSA) is 83.6 Å². The Morgan fingerprint density at radius 1 is 1.12 bits per heavy atom. The molecule has 0 saturated heterocycles. The standard InChI is InChI=1S/C25H33N5O2.HI/c1-3-26-25(27-16-15-23-29-20-12-6-7-13-21(20)30-23)28-17-18-9-8-14-22(31-2)24(18)32-19-10-4-5-11-19;/h6-9,12-14,19H,3-5,10-11,15-17H2,1-2H3,(H,29,30)(H2,26,27,28);1H. The predicted octanol–water partition coefficient (Wildman–Crippen LogP) is 4.81. The number of benzene rings is 2. The highest BCUT2D eigenvalue weighted by Gasteiger charge is 2.20. The number of fused-ring (bicyclic) bond motifs is 1. The Morgan fingerprint density at radius 2 is 1.94 bits per heavy atom. The van der Waals surface area contributed by atoms with Gasteiger partial charge in [0.05, 0.1) is 30.8 Å². The minimum Gasteiger partial charge on any atom is -0.493 e. The summed E-state index contributed by atoms with van der Waals surface area (Å²) in [6.45, 7) is 4.10. The fourth-order valence-corrected chi connectivity index (χ4v) is 4.08. The number of hydrogen-bond donors (Lipinski definition) is 3. The van der Waals surface area contributed by atoms with Gasteiger partial charge in [-0.15, -0.1) is 24.0 Å². The van der Waals surface area contributed by atoms with Gasteiger partial charge in [-0.1, -0.05) is 24.3 Å². The van der Waals surface area contributed by atoms with Crippen molar-refractivity contribution in [3.63, 3.8) is 0 Å². The SMILES string of the molecule is CCNC(=NCc1cccc(OC)c1OC1CCCC1)NCCc1nc2ccccc2[nH]1.I. The molecule has 3 N–H and O–H groups in total. The molecule has 1 saturated carbocycles. The highest BCUT2D eigenvalue weighted by atomic mass is 127. The Morgan fingerprint density at radius 3 is 2.70 bits per heavy atom. The highest BCUT2D eigenvalue weighted by Crippen LogP contribution is 2.35. The Balaban J connectivity index is 0.00000306. The smallest absolute Gasteiger partial charge is 0.191 e. The van der Waals surface area contributed by atoms with Gasteiger partial charge in [-0.3, -0.25) is 0 Å². The molecule has 178 valence electrons. The molecule has 1 aliphatic carbocycles. The van der Waals surface area contributed by atoms with E-state index in [0.29, 0.717) is 6.54 Å². The van der Waals surface area contributed by atoms with E-state index in [1.165, 1.54) is 12.8 Å². The summed E-state index contributed by atoms with van der Waals surface area (Å²) < 4.78 is 11.9. The second-order valence-corrected chi connectivity index (χ2v) is 8.05. The Labute approximate surface area is 212 Å². The zero-order valence-corrected chi connectivity index (χ0v) is 21.7. The van der Waals surface area contributed by atoms with Crippen LogP contribution in [0.2, 0.25) is 0 Å². The third-order valence-electron chi connectivity index (χ3n) is 5.71. The van der Waals surface area contributed by atoms with Gasteiger partial charge < -0.3 is 25.1 Å². The summed E-state index contributed by atoms with van der Waals surface area (Å²) in [5, 5.41) is 6.73. The lowest BCUT2D eigenvalue weighted by Crippen LogP contribution is -2.38. The van der Waals surface area contributed by atoms with Crippen LogP contribution in [0.4, 0.5) is 0 Å². The zero-order chi connectivity index (χ0) is 22.2. The molecule has 1 aromatic heterocycles. The van der Waals surface area contributed by atoms with Crippen LogP contribution in [0.1, 0.15) is 44.0 Å². The zero-order valence-electron chi connectivity index (χ0n) is 19.4. The fourth-order valence-electron chi connectivity index (χ4n) is 4.08. The molecule has 33 heavy (non-hydrogen) atoms. The molecular weight excluding hydrogens is 529 g/mol. The van der Waals surface area contributed by atoms with Crippen molar-refractivity contribution in [3.05, 3.63) is 53.9 Å². The number of hydrogen-bond acceptors (Lipinski definition) is 4. The lowest BCUT2D eigenvalue weighted by Gasteiger charge is -2.19. The van der Waals surface area contributed by atoms with Crippen LogP contribution in [0.25, 0.3) is 11.0 Å². The summed E-state index contributed by atoms with van der Waals surface area (Å²) in [6, 6.07) is 14.1. The van der Waals surface area contributed by atoms with Gasteiger partial charge in [-0.05, 0) is 50.8 Å². The number of H-pyrrole nitrogens is 1. The van der Waals surface area contributed by atoms with Crippen molar-refractivity contribution in [2.75, 3.05) is 20.2 Å². The van der Waals surface area contributed by atoms with Crippen LogP contribution >= 0.6 is 24.0 Å². The van der Waals surface area contributed by atoms with Crippen LogP contribution in [-0.2, 0) is 13.0 Å². The van der Waals surface area contributed by atoms with Gasteiger partial charge in [-0.2, -0.15) is 0 Å². The Bertz CT molecular complexity index is 1010. The molecule has 4 rings (SSSR count). The van der Waals surface area contributed by atoms with Crippen LogP contribution in [-0.4, -0.2) is 42.2 Å². The molecule has 0 radical (unpaired) electrons. The number of para-hydroxylation sites is 3. The van der Waals surface area contributed by atoms with E-state index in [1.54, 1.807) is 7.11 Å². The number of halogens is 1. The maximum absolute atomic E-state index is 6.34. The molecule has 3 aromatic rings. The molecule has 0 spiro atoms. The van der Waals surface area contributed by atoms with Crippen LogP contribution in [0.5, 0.6) is 11.5 Å². The molecule has 8 heteroatoms. The summed E-state index contributed by atoms with van der Waals surface area (Å²) in [6.07, 6.45) is 5.72. The van der Waals surface area contributed by atoms with Crippen molar-refractivity contribution >= 4 is 41.0 Å². The fraction of sp³-hybridized carbons (Fsp3) is 0.440. The second-order valence-electron chi connectivity index (χ2n) is 8.05. The molecule has 0 bridgehead atoms. The summed E-state index contributed by atoms with van der Waals surface area (Å²) in [4.78, 5) is 12.8. The summed E-state index contributed by atoms with van der Waals surface area (Å²) in [5.41, 5.74) is 3.09. The minimum atomic E-state index is 0. The van der Waals surface area contributed by atoms with E-state index in [0.717, 1.165) is 72.2 Å². The normalized spacial score (nSPS) is 14.2. The van der Waals surface area contributed by atoms with E-state index in [9.17, 15) is 0 Å². The van der Waals surface area contributed by atoms with Crippen molar-refractivity contribution in [2.24, 2.45) is 4.99 Å². The highest BCUT2D eigenvalue weighted by molar-refractivity contribution is 14.0. The average molecular weight is 563 g/mol. The number of aromatic nitrogens is 2. The molecule has 1 heterocycles. The van der Waals surface area contributed by atoms with Gasteiger partial charge in [0.2, 0.25) is 0 Å². The third-order valence-corrected chi connectivity index (χ3v) is 5.71. The molecule has 1 aliphatic rings. The van der Waals surface area contributed by atoms with E-state index >= 15 is 0 Å². The Kier molecular flexibility index (Phi) is 9.65. The van der Waals surface area contributed by atoms with Gasteiger partial charge in [0.15, 0.2) is 17.5 Å². The molecular formula is C25H34IN5O2. The summed E-state index contributed by atoms with van der Waals surface area (Å²) >= 11 is 0. The van der Waals surface area contributed by atoms with Crippen molar-refractivity contribution in [3.8, 4) is 11.5 Å². The lowest BCUT2D eigenvalue weighted by atomic mass is 10.1. The van der Waals surface area contributed by atoms with Crippen molar-refractivity contribution < 1.29 is 9.47 Å². The molecule has 7 nitrogen and oxygen atoms in total. The minimum absolute atomic E-state index is 0. The third kappa shape index (κ3) is 6.75. The van der Waals surface area contributed by atoms with Gasteiger partial charge in [0.1, 0.15) is 5.82 Å². The summed E-state index contributed by atoms with van der Waals surface area (Å²) in [5.74, 6) is 3.34. The number of ether oxygens (including phenoxy) is 2. The number of nitrogens with zero attached hydrogens (tertiary/aromatic N) is 2. The van der Waals surface area contributed by atoms with Gasteiger partial charge in [0.25, 0.3) is 0 Å². The van der Waals surface area contributed by atoms with Gasteiger partial charge in [0, 0.05) is 25.1 Å². The monoisotopic (exact) mass is 563 g/mol. The first-order chi connectivity index (χ1) is 15.8. The Hall–Kier alpha value is -2.49. The quantitative estimate of drug-likeness (QED) is 0.198. The first-order valence-electron chi connectivity index (χ1n) is 11.5. The van der Waals surface area contributed by atoms with Crippen molar-refractivity contribution in [1.82, 2.24) is 20.6 Å². The first-order valence-corrected chi connectivity index (χ1v) is 11.5. The van der Waals surface area contributed by atoms with Gasteiger partial charge >= 0.3 is 0 Å². The number of rotatable bonds is 9. The van der Waals surface area contributed by atoms with E-state index in [-0.39, 0.29) is 30.1 Å². The maximum Gasteiger partial charge on any atom is 0.191 e. The molecule has 0 amide bonds. The number of aliphatic imine (C=N–C) groups is 1. The van der Waals surface area contributed by atoms with Crippen LogP contribution in [0, 0.1) is 0 Å². The van der Waals surface area contributed by atoms with E-state index in [2.05, 4.69) is 33.6 Å². The second kappa shape index (κ2) is 12.7. The molecule has 0 aliphatic heterocycles. The number of imidazole rings is 1. The number of nitrogens with one attached hydrogen (secondary N) is 3. The molecule has 0 atom stereocenters. The van der Waals surface area contributed by atoms with E-state index in [4.69, 9.17) is 14.5 Å². The van der Waals surface area contributed by atoms with Crippen LogP contribution in [0.15, 0.2) is 47.5 Å². The number of guanidine groups is 1. The number of methoxy groups -OCH3 is 1. The van der Waals surface area contributed by atoms with Gasteiger partial charge in [-0.25, -0.2) is 9.98 Å². The maximum atomic E-state index is 6.34. The molecule has 1 fully saturated rings. The average Bonchev–Trinajstić information content (AvgIpc) is 3.47. The molecule has 2 aromatic carbocycles. The number of aromatic amines is 1. The lowest BCUT2D eigenvalue weighted by molar-refractivity contribution is 0.198.